The van der Waals surface area contributed by atoms with E-state index < -0.39 is 0 Å². The molecule has 1 aliphatic heterocycles. The molecule has 5 heteroatoms. The third kappa shape index (κ3) is 5.15. The second kappa shape index (κ2) is 9.26. The summed E-state index contributed by atoms with van der Waals surface area (Å²) < 4.78 is 0. The SMILES string of the molecule is CC(C)c1ccc(C(=O)CCC2CCN(c3ccc(C(C)C)nn3)CC2)nc1. The Morgan fingerprint density at radius 2 is 1.79 bits per heavy atom. The Kier molecular flexibility index (Phi) is 6.76. The molecule has 3 heterocycles. The lowest BCUT2D eigenvalue weighted by atomic mass is 9.91. The van der Waals surface area contributed by atoms with Crippen LogP contribution in [0.2, 0.25) is 0 Å². The molecule has 1 aliphatic rings. The fourth-order valence-electron chi connectivity index (χ4n) is 3.64. The highest BCUT2D eigenvalue weighted by molar-refractivity contribution is 5.94. The predicted molar refractivity (Wildman–Crippen MR) is 113 cm³/mol. The summed E-state index contributed by atoms with van der Waals surface area (Å²) in [5, 5.41) is 8.73. The zero-order valence-corrected chi connectivity index (χ0v) is 17.6. The van der Waals surface area contributed by atoms with Crippen LogP contribution in [-0.4, -0.2) is 34.1 Å². The molecular formula is C23H32N4O. The zero-order chi connectivity index (χ0) is 20.1. The first-order valence-electron chi connectivity index (χ1n) is 10.5. The van der Waals surface area contributed by atoms with Crippen LogP contribution >= 0.6 is 0 Å². The maximum Gasteiger partial charge on any atom is 0.181 e. The highest BCUT2D eigenvalue weighted by atomic mass is 16.1. The predicted octanol–water partition coefficient (Wildman–Crippen LogP) is 5.00. The van der Waals surface area contributed by atoms with E-state index in [1.165, 1.54) is 5.56 Å². The third-order valence-electron chi connectivity index (χ3n) is 5.72. The minimum Gasteiger partial charge on any atom is -0.355 e. The van der Waals surface area contributed by atoms with E-state index in [2.05, 4.69) is 59.9 Å². The minimum atomic E-state index is 0.160. The molecule has 2 aromatic heterocycles. The number of rotatable bonds is 7. The number of ketones is 1. The van der Waals surface area contributed by atoms with E-state index in [-0.39, 0.29) is 5.78 Å². The summed E-state index contributed by atoms with van der Waals surface area (Å²) in [6.07, 6.45) is 5.56. The smallest absolute Gasteiger partial charge is 0.181 e. The molecule has 3 rings (SSSR count). The molecule has 0 spiro atoms. The van der Waals surface area contributed by atoms with E-state index >= 15 is 0 Å². The summed E-state index contributed by atoms with van der Waals surface area (Å²) in [7, 11) is 0. The van der Waals surface area contributed by atoms with Gasteiger partial charge in [-0.25, -0.2) is 0 Å². The van der Waals surface area contributed by atoms with Crippen molar-refractivity contribution in [3.05, 3.63) is 47.4 Å². The fraction of sp³-hybridized carbons (Fsp3) is 0.565. The van der Waals surface area contributed by atoms with Crippen LogP contribution in [0.1, 0.15) is 87.0 Å². The van der Waals surface area contributed by atoms with Crippen LogP contribution in [0, 0.1) is 5.92 Å². The summed E-state index contributed by atoms with van der Waals surface area (Å²) in [5.41, 5.74) is 2.81. The lowest BCUT2D eigenvalue weighted by Crippen LogP contribution is -2.34. The number of hydrogen-bond acceptors (Lipinski definition) is 5. The zero-order valence-electron chi connectivity index (χ0n) is 17.6. The summed E-state index contributed by atoms with van der Waals surface area (Å²) in [6, 6.07) is 8.06. The third-order valence-corrected chi connectivity index (χ3v) is 5.72. The lowest BCUT2D eigenvalue weighted by Gasteiger charge is -2.32. The molecule has 0 atom stereocenters. The Bertz CT molecular complexity index is 760. The molecule has 1 fully saturated rings. The van der Waals surface area contributed by atoms with Crippen molar-refractivity contribution in [2.45, 2.75) is 65.2 Å². The van der Waals surface area contributed by atoms with Crippen LogP contribution in [-0.2, 0) is 0 Å². The molecule has 0 aliphatic carbocycles. The molecule has 2 aromatic rings. The Labute approximate surface area is 168 Å². The Morgan fingerprint density at radius 3 is 2.32 bits per heavy atom. The molecule has 0 N–H and O–H groups in total. The molecular weight excluding hydrogens is 348 g/mol. The van der Waals surface area contributed by atoms with Gasteiger partial charge in [-0.3, -0.25) is 9.78 Å². The van der Waals surface area contributed by atoms with Gasteiger partial charge in [-0.2, -0.15) is 5.10 Å². The van der Waals surface area contributed by atoms with Gasteiger partial charge in [0, 0.05) is 25.7 Å². The van der Waals surface area contributed by atoms with Crippen molar-refractivity contribution in [1.29, 1.82) is 0 Å². The van der Waals surface area contributed by atoms with Crippen molar-refractivity contribution in [3.8, 4) is 0 Å². The van der Waals surface area contributed by atoms with Crippen LogP contribution in [0.5, 0.6) is 0 Å². The summed E-state index contributed by atoms with van der Waals surface area (Å²) in [5.74, 6) is 2.56. The average Bonchev–Trinajstić information content (AvgIpc) is 2.72. The molecule has 0 aromatic carbocycles. The monoisotopic (exact) mass is 380 g/mol. The van der Waals surface area contributed by atoms with Crippen molar-refractivity contribution in [2.24, 2.45) is 5.92 Å². The maximum atomic E-state index is 12.4. The number of nitrogens with zero attached hydrogens (tertiary/aromatic N) is 4. The van der Waals surface area contributed by atoms with Gasteiger partial charge < -0.3 is 4.90 Å². The quantitative estimate of drug-likeness (QED) is 0.633. The molecule has 0 saturated carbocycles. The number of Topliss-reactive ketones (excluding diaryl/α,β-unsaturated/α-hetero) is 1. The number of carbonyl (C=O) groups is 1. The van der Waals surface area contributed by atoms with Gasteiger partial charge in [-0.1, -0.05) is 33.8 Å². The Balaban J connectivity index is 1.45. The number of hydrogen-bond donors (Lipinski definition) is 0. The number of piperidine rings is 1. The molecule has 0 radical (unpaired) electrons. The van der Waals surface area contributed by atoms with Gasteiger partial charge in [0.15, 0.2) is 11.6 Å². The van der Waals surface area contributed by atoms with Crippen LogP contribution < -0.4 is 4.90 Å². The van der Waals surface area contributed by atoms with Crippen molar-refractivity contribution >= 4 is 11.6 Å². The molecule has 0 amide bonds. The van der Waals surface area contributed by atoms with E-state index in [1.54, 1.807) is 0 Å². The normalized spacial score (nSPS) is 15.4. The van der Waals surface area contributed by atoms with Crippen molar-refractivity contribution in [2.75, 3.05) is 18.0 Å². The first kappa shape index (κ1) is 20.4. The number of aromatic nitrogens is 3. The molecule has 1 saturated heterocycles. The molecule has 28 heavy (non-hydrogen) atoms. The molecule has 0 bridgehead atoms. The topological polar surface area (TPSA) is 59.0 Å². The molecule has 0 unspecified atom stereocenters. The summed E-state index contributed by atoms with van der Waals surface area (Å²) in [6.45, 7) is 10.5. The van der Waals surface area contributed by atoms with E-state index in [4.69, 9.17) is 0 Å². The van der Waals surface area contributed by atoms with Gasteiger partial charge in [0.05, 0.1) is 5.69 Å². The first-order valence-corrected chi connectivity index (χ1v) is 10.5. The van der Waals surface area contributed by atoms with Crippen LogP contribution in [0.15, 0.2) is 30.5 Å². The van der Waals surface area contributed by atoms with Gasteiger partial charge in [0.1, 0.15) is 5.69 Å². The lowest BCUT2D eigenvalue weighted by molar-refractivity contribution is 0.0966. The first-order chi connectivity index (χ1) is 13.4. The Hall–Kier alpha value is -2.30. The second-order valence-electron chi connectivity index (χ2n) is 8.49. The molecule has 5 nitrogen and oxygen atoms in total. The largest absolute Gasteiger partial charge is 0.355 e. The highest BCUT2D eigenvalue weighted by Gasteiger charge is 2.21. The number of anilines is 1. The van der Waals surface area contributed by atoms with E-state index in [1.807, 2.05) is 18.3 Å². The number of pyridine rings is 1. The number of carbonyl (C=O) groups excluding carboxylic acids is 1. The van der Waals surface area contributed by atoms with Gasteiger partial charge in [-0.15, -0.1) is 5.10 Å². The fourth-order valence-corrected chi connectivity index (χ4v) is 3.64. The van der Waals surface area contributed by atoms with Gasteiger partial charge in [0.25, 0.3) is 0 Å². The Morgan fingerprint density at radius 1 is 1.04 bits per heavy atom. The highest BCUT2D eigenvalue weighted by Crippen LogP contribution is 2.26. The summed E-state index contributed by atoms with van der Waals surface area (Å²) >= 11 is 0. The van der Waals surface area contributed by atoms with Crippen molar-refractivity contribution in [1.82, 2.24) is 15.2 Å². The molecule has 150 valence electrons. The second-order valence-corrected chi connectivity index (χ2v) is 8.49. The van der Waals surface area contributed by atoms with Crippen molar-refractivity contribution < 1.29 is 4.79 Å². The van der Waals surface area contributed by atoms with Crippen molar-refractivity contribution in [3.63, 3.8) is 0 Å². The average molecular weight is 381 g/mol. The van der Waals surface area contributed by atoms with Crippen LogP contribution in [0.25, 0.3) is 0 Å². The van der Waals surface area contributed by atoms with Gasteiger partial charge >= 0.3 is 0 Å². The van der Waals surface area contributed by atoms with Gasteiger partial charge in [-0.05, 0) is 60.8 Å². The standard InChI is InChI=1S/C23H32N4O/c1-16(2)19-6-7-21(24-15-19)22(28)9-5-18-11-13-27(14-12-18)23-10-8-20(17(3)4)25-26-23/h6-8,10,15-18H,5,9,11-14H2,1-4H3. The van der Waals surface area contributed by atoms with E-state index in [0.29, 0.717) is 29.9 Å². The minimum absolute atomic E-state index is 0.160. The van der Waals surface area contributed by atoms with E-state index in [0.717, 1.165) is 43.9 Å². The van der Waals surface area contributed by atoms with Crippen LogP contribution in [0.4, 0.5) is 5.82 Å². The maximum absolute atomic E-state index is 12.4. The van der Waals surface area contributed by atoms with Gasteiger partial charge in [0.2, 0.25) is 0 Å². The van der Waals surface area contributed by atoms with E-state index in [9.17, 15) is 4.79 Å². The van der Waals surface area contributed by atoms with Crippen LogP contribution in [0.3, 0.4) is 0 Å². The summed E-state index contributed by atoms with van der Waals surface area (Å²) in [4.78, 5) is 19.1.